The fourth-order valence-corrected chi connectivity index (χ4v) is 1.71. The Labute approximate surface area is 94.4 Å². The van der Waals surface area contributed by atoms with Crippen molar-refractivity contribution in [2.75, 3.05) is 7.11 Å². The van der Waals surface area contributed by atoms with Gasteiger partial charge in [0.1, 0.15) is 6.10 Å². The Balaban J connectivity index is 1.93. The van der Waals surface area contributed by atoms with Crippen molar-refractivity contribution in [1.29, 1.82) is 5.26 Å². The number of nitrogens with zero attached hydrogens (tertiary/aromatic N) is 3. The summed E-state index contributed by atoms with van der Waals surface area (Å²) in [7, 11) is 1.68. The van der Waals surface area contributed by atoms with E-state index in [9.17, 15) is 0 Å². The van der Waals surface area contributed by atoms with Crippen LogP contribution >= 0.6 is 0 Å². The zero-order valence-electron chi connectivity index (χ0n) is 9.35. The van der Waals surface area contributed by atoms with Crippen LogP contribution in [-0.2, 0) is 11.2 Å². The fourth-order valence-electron chi connectivity index (χ4n) is 1.71. The average molecular weight is 221 g/mol. The highest BCUT2D eigenvalue weighted by Gasteiger charge is 2.35. The molecule has 1 atom stereocenters. The molecular weight excluding hydrogens is 206 g/mol. The van der Waals surface area contributed by atoms with E-state index in [1.807, 2.05) is 0 Å². The van der Waals surface area contributed by atoms with Crippen molar-refractivity contribution in [3.63, 3.8) is 0 Å². The van der Waals surface area contributed by atoms with Crippen molar-refractivity contribution < 1.29 is 9.26 Å². The smallest absolute Gasteiger partial charge is 0.226 e. The maximum absolute atomic E-state index is 8.42. The predicted octanol–water partition coefficient (Wildman–Crippen LogP) is 2.01. The minimum absolute atomic E-state index is 0.0199. The number of methoxy groups -OCH3 is 1. The maximum atomic E-state index is 8.42. The summed E-state index contributed by atoms with van der Waals surface area (Å²) >= 11 is 0. The Morgan fingerprint density at radius 1 is 1.62 bits per heavy atom. The van der Waals surface area contributed by atoms with Gasteiger partial charge in [-0.2, -0.15) is 10.2 Å². The van der Waals surface area contributed by atoms with Crippen molar-refractivity contribution in [2.45, 2.75) is 38.2 Å². The number of rotatable bonds is 6. The van der Waals surface area contributed by atoms with Crippen LogP contribution in [0.5, 0.6) is 0 Å². The Morgan fingerprint density at radius 2 is 2.44 bits per heavy atom. The molecule has 1 aliphatic rings. The summed E-state index contributed by atoms with van der Waals surface area (Å²) in [6.07, 6.45) is 4.29. The molecule has 1 unspecified atom stereocenters. The van der Waals surface area contributed by atoms with Crippen molar-refractivity contribution in [1.82, 2.24) is 10.1 Å². The Kier molecular flexibility index (Phi) is 3.52. The van der Waals surface area contributed by atoms with E-state index < -0.39 is 0 Å². The normalized spacial score (nSPS) is 17.0. The molecule has 0 saturated heterocycles. The summed E-state index contributed by atoms with van der Waals surface area (Å²) in [6.45, 7) is 0. The molecule has 16 heavy (non-hydrogen) atoms. The highest BCUT2D eigenvalue weighted by molar-refractivity contribution is 4.98. The zero-order chi connectivity index (χ0) is 11.4. The molecule has 1 heterocycles. The van der Waals surface area contributed by atoms with E-state index in [1.54, 1.807) is 7.11 Å². The molecule has 0 bridgehead atoms. The van der Waals surface area contributed by atoms with Crippen LogP contribution in [0.1, 0.15) is 43.5 Å². The lowest BCUT2D eigenvalue weighted by Crippen LogP contribution is -2.05. The number of aryl methyl sites for hydroxylation is 1. The van der Waals surface area contributed by atoms with Crippen LogP contribution < -0.4 is 0 Å². The molecule has 0 radical (unpaired) electrons. The highest BCUT2D eigenvalue weighted by Crippen LogP contribution is 2.41. The van der Waals surface area contributed by atoms with Crippen LogP contribution in [0.2, 0.25) is 0 Å². The number of hydrogen-bond acceptors (Lipinski definition) is 5. The lowest BCUT2D eigenvalue weighted by atomic mass is 10.2. The van der Waals surface area contributed by atoms with Crippen LogP contribution in [0, 0.1) is 17.2 Å². The number of aromatic nitrogens is 2. The molecule has 5 heteroatoms. The fraction of sp³-hybridized carbons (Fsp3) is 0.727. The topological polar surface area (TPSA) is 71.9 Å². The van der Waals surface area contributed by atoms with E-state index in [0.717, 1.165) is 6.42 Å². The molecule has 0 amide bonds. The van der Waals surface area contributed by atoms with Crippen LogP contribution in [-0.4, -0.2) is 17.3 Å². The van der Waals surface area contributed by atoms with Gasteiger partial charge in [0.15, 0.2) is 0 Å². The van der Waals surface area contributed by atoms with E-state index in [4.69, 9.17) is 14.5 Å². The van der Waals surface area contributed by atoms with E-state index in [0.29, 0.717) is 30.5 Å². The van der Waals surface area contributed by atoms with E-state index in [1.165, 1.54) is 12.8 Å². The largest absolute Gasteiger partial charge is 0.373 e. The second kappa shape index (κ2) is 5.08. The van der Waals surface area contributed by atoms with Gasteiger partial charge in [-0.25, -0.2) is 0 Å². The third-order valence-electron chi connectivity index (χ3n) is 2.72. The van der Waals surface area contributed by atoms with Gasteiger partial charge in [-0.15, -0.1) is 0 Å². The molecule has 1 saturated carbocycles. The standard InChI is InChI=1S/C11H15N3O2/c1-15-10(8-5-6-8)11-13-9(16-14-11)4-2-3-7-12/h8,10H,2-6H2,1H3. The Morgan fingerprint density at radius 3 is 3.06 bits per heavy atom. The molecule has 1 aromatic heterocycles. The quantitative estimate of drug-likeness (QED) is 0.687. The lowest BCUT2D eigenvalue weighted by molar-refractivity contribution is 0.0751. The number of unbranched alkanes of at least 4 members (excludes halogenated alkanes) is 1. The molecule has 5 nitrogen and oxygen atoms in total. The number of nitriles is 1. The molecule has 1 aliphatic carbocycles. The zero-order valence-corrected chi connectivity index (χ0v) is 9.35. The molecular formula is C11H15N3O2. The SMILES string of the molecule is COC(c1noc(CCCC#N)n1)C1CC1. The van der Waals surface area contributed by atoms with Gasteiger partial charge in [-0.1, -0.05) is 5.16 Å². The first kappa shape index (κ1) is 11.1. The van der Waals surface area contributed by atoms with Crippen molar-refractivity contribution in [2.24, 2.45) is 5.92 Å². The summed E-state index contributed by atoms with van der Waals surface area (Å²) < 4.78 is 10.5. The molecule has 0 N–H and O–H groups in total. The van der Waals surface area contributed by atoms with Gasteiger partial charge < -0.3 is 9.26 Å². The van der Waals surface area contributed by atoms with Crippen LogP contribution in [0.15, 0.2) is 4.52 Å². The summed E-state index contributed by atoms with van der Waals surface area (Å²) in [5.41, 5.74) is 0. The van der Waals surface area contributed by atoms with E-state index >= 15 is 0 Å². The van der Waals surface area contributed by atoms with Gasteiger partial charge in [0.2, 0.25) is 11.7 Å². The number of hydrogen-bond donors (Lipinski definition) is 0. The van der Waals surface area contributed by atoms with Crippen LogP contribution in [0.4, 0.5) is 0 Å². The summed E-state index contributed by atoms with van der Waals surface area (Å²) in [5.74, 6) is 1.81. The first-order valence-electron chi connectivity index (χ1n) is 5.57. The van der Waals surface area contributed by atoms with Crippen LogP contribution in [0.25, 0.3) is 0 Å². The molecule has 1 fully saturated rings. The first-order valence-corrected chi connectivity index (χ1v) is 5.57. The summed E-state index contributed by atoms with van der Waals surface area (Å²) in [4.78, 5) is 4.30. The number of ether oxygens (including phenoxy) is 1. The van der Waals surface area contributed by atoms with Gasteiger partial charge >= 0.3 is 0 Å². The summed E-state index contributed by atoms with van der Waals surface area (Å²) in [6, 6.07) is 2.09. The lowest BCUT2D eigenvalue weighted by Gasteiger charge is -2.07. The third kappa shape index (κ3) is 2.58. The summed E-state index contributed by atoms with van der Waals surface area (Å²) in [5, 5.41) is 12.4. The average Bonchev–Trinajstić information content (AvgIpc) is 3.01. The minimum Gasteiger partial charge on any atom is -0.373 e. The van der Waals surface area contributed by atoms with Crippen molar-refractivity contribution >= 4 is 0 Å². The molecule has 0 aliphatic heterocycles. The van der Waals surface area contributed by atoms with Gasteiger partial charge in [0.25, 0.3) is 0 Å². The minimum atomic E-state index is -0.0199. The molecule has 0 spiro atoms. The van der Waals surface area contributed by atoms with Crippen LogP contribution in [0.3, 0.4) is 0 Å². The van der Waals surface area contributed by atoms with E-state index in [-0.39, 0.29) is 6.10 Å². The second-order valence-corrected chi connectivity index (χ2v) is 4.05. The molecule has 2 rings (SSSR count). The third-order valence-corrected chi connectivity index (χ3v) is 2.72. The predicted molar refractivity (Wildman–Crippen MR) is 55.3 cm³/mol. The molecule has 0 aromatic carbocycles. The van der Waals surface area contributed by atoms with Gasteiger partial charge in [-0.05, 0) is 25.2 Å². The van der Waals surface area contributed by atoms with Gasteiger partial charge in [-0.3, -0.25) is 0 Å². The van der Waals surface area contributed by atoms with Gasteiger partial charge in [0, 0.05) is 20.0 Å². The monoisotopic (exact) mass is 221 g/mol. The maximum Gasteiger partial charge on any atom is 0.226 e. The van der Waals surface area contributed by atoms with E-state index in [2.05, 4.69) is 16.2 Å². The van der Waals surface area contributed by atoms with Gasteiger partial charge in [0.05, 0.1) is 6.07 Å². The Bertz CT molecular complexity index is 379. The molecule has 86 valence electrons. The first-order chi connectivity index (χ1) is 7.85. The second-order valence-electron chi connectivity index (χ2n) is 4.05. The molecule has 1 aromatic rings. The highest BCUT2D eigenvalue weighted by atomic mass is 16.5. The Hall–Kier alpha value is -1.41. The van der Waals surface area contributed by atoms with Crippen molar-refractivity contribution in [3.05, 3.63) is 11.7 Å². The van der Waals surface area contributed by atoms with Crippen molar-refractivity contribution in [3.8, 4) is 6.07 Å².